The third-order valence-corrected chi connectivity index (χ3v) is 6.86. The van der Waals surface area contributed by atoms with E-state index < -0.39 is 5.97 Å². The molecule has 0 saturated carbocycles. The van der Waals surface area contributed by atoms with Crippen LogP contribution in [0.25, 0.3) is 6.08 Å². The number of carbonyl (C=O) groups excluding carboxylic acids is 3. The summed E-state index contributed by atoms with van der Waals surface area (Å²) in [6.45, 7) is 6.55. The predicted octanol–water partition coefficient (Wildman–Crippen LogP) is 6.46. The van der Waals surface area contributed by atoms with E-state index in [9.17, 15) is 14.4 Å². The molecule has 1 fully saturated rings. The summed E-state index contributed by atoms with van der Waals surface area (Å²) in [5, 5.41) is -0.330. The Morgan fingerprint density at radius 1 is 0.974 bits per heavy atom. The van der Waals surface area contributed by atoms with E-state index in [0.29, 0.717) is 33.4 Å². The molecule has 1 aliphatic rings. The fourth-order valence-electron chi connectivity index (χ4n) is 3.86. The summed E-state index contributed by atoms with van der Waals surface area (Å²) >= 11 is 0.896. The highest BCUT2D eigenvalue weighted by molar-refractivity contribution is 8.18. The lowest BCUT2D eigenvalue weighted by molar-refractivity contribution is -0.123. The second kappa shape index (κ2) is 12.0. The quantitative estimate of drug-likeness (QED) is 0.178. The molecule has 0 aromatic heterocycles. The van der Waals surface area contributed by atoms with Gasteiger partial charge in [0, 0.05) is 0 Å². The topological polar surface area (TPSA) is 82.1 Å². The van der Waals surface area contributed by atoms with Crippen molar-refractivity contribution >= 4 is 35.0 Å². The first kappa shape index (κ1) is 27.0. The van der Waals surface area contributed by atoms with Gasteiger partial charge in [-0.1, -0.05) is 38.1 Å². The van der Waals surface area contributed by atoms with Crippen molar-refractivity contribution in [3.05, 3.63) is 93.9 Å². The molecule has 0 unspecified atom stereocenters. The standard InChI is InChI=1S/C30H29NO6S/c1-19(2)25-14-5-20(3)17-26(25)36-16-15-31-28(32)27(38-30(31)34)18-21-6-10-24(11-7-21)37-29(33)22-8-12-23(35-4)13-9-22/h5-14,17-19H,15-16H2,1-4H3/b27-18-. The van der Waals surface area contributed by atoms with Gasteiger partial charge >= 0.3 is 5.97 Å². The number of hydrogen-bond donors (Lipinski definition) is 0. The molecule has 3 aromatic rings. The van der Waals surface area contributed by atoms with Crippen LogP contribution in [0.4, 0.5) is 4.79 Å². The van der Waals surface area contributed by atoms with Crippen LogP contribution < -0.4 is 14.2 Å². The molecule has 0 bridgehead atoms. The number of aryl methyl sites for hydroxylation is 1. The van der Waals surface area contributed by atoms with Crippen molar-refractivity contribution in [2.75, 3.05) is 20.3 Å². The number of amides is 2. The zero-order chi connectivity index (χ0) is 27.2. The summed E-state index contributed by atoms with van der Waals surface area (Å²) in [4.78, 5) is 39.3. The summed E-state index contributed by atoms with van der Waals surface area (Å²) in [6.07, 6.45) is 1.65. The van der Waals surface area contributed by atoms with Gasteiger partial charge in [0.25, 0.3) is 11.1 Å². The number of imide groups is 1. The Morgan fingerprint density at radius 2 is 1.66 bits per heavy atom. The number of nitrogens with zero attached hydrogens (tertiary/aromatic N) is 1. The van der Waals surface area contributed by atoms with Gasteiger partial charge in [-0.05, 0) is 89.8 Å². The molecule has 0 spiro atoms. The second-order valence-corrected chi connectivity index (χ2v) is 10.1. The summed E-state index contributed by atoms with van der Waals surface area (Å²) in [7, 11) is 1.55. The van der Waals surface area contributed by atoms with E-state index in [2.05, 4.69) is 13.8 Å². The van der Waals surface area contributed by atoms with Crippen LogP contribution in [0.5, 0.6) is 17.2 Å². The molecule has 1 heterocycles. The molecule has 8 heteroatoms. The van der Waals surface area contributed by atoms with Gasteiger partial charge in [0.15, 0.2) is 0 Å². The van der Waals surface area contributed by atoms with Crippen molar-refractivity contribution in [1.82, 2.24) is 4.90 Å². The van der Waals surface area contributed by atoms with E-state index in [1.54, 1.807) is 61.7 Å². The van der Waals surface area contributed by atoms with Gasteiger partial charge in [0.1, 0.15) is 23.9 Å². The first-order valence-corrected chi connectivity index (χ1v) is 13.0. The first-order valence-electron chi connectivity index (χ1n) is 12.2. The number of esters is 1. The average molecular weight is 532 g/mol. The highest BCUT2D eigenvalue weighted by atomic mass is 32.2. The summed E-state index contributed by atoms with van der Waals surface area (Å²) in [5.74, 6) is 1.24. The maximum Gasteiger partial charge on any atom is 0.343 e. The molecule has 4 rings (SSSR count). The summed E-state index contributed by atoms with van der Waals surface area (Å²) < 4.78 is 16.5. The smallest absolute Gasteiger partial charge is 0.343 e. The molecule has 3 aromatic carbocycles. The highest BCUT2D eigenvalue weighted by Crippen LogP contribution is 2.33. The average Bonchev–Trinajstić information content (AvgIpc) is 3.17. The van der Waals surface area contributed by atoms with Crippen LogP contribution in [0, 0.1) is 6.92 Å². The minimum atomic E-state index is -0.491. The Hall–Kier alpha value is -4.04. The lowest BCUT2D eigenvalue weighted by atomic mass is 10.0. The molecule has 1 saturated heterocycles. The Bertz CT molecular complexity index is 1360. The summed E-state index contributed by atoms with van der Waals surface area (Å²) in [6, 6.07) is 19.4. The SMILES string of the molecule is COc1ccc(C(=O)Oc2ccc(/C=C3\SC(=O)N(CCOc4cc(C)ccc4C(C)C)C3=O)cc2)cc1. The lowest BCUT2D eigenvalue weighted by Crippen LogP contribution is -2.32. The van der Waals surface area contributed by atoms with E-state index in [-0.39, 0.29) is 24.3 Å². The fraction of sp³-hybridized carbons (Fsp3) is 0.233. The molecule has 0 aliphatic carbocycles. The molecule has 0 N–H and O–H groups in total. The van der Waals surface area contributed by atoms with Gasteiger partial charge in [0.2, 0.25) is 0 Å². The largest absolute Gasteiger partial charge is 0.497 e. The van der Waals surface area contributed by atoms with Gasteiger partial charge in [-0.25, -0.2) is 4.79 Å². The minimum Gasteiger partial charge on any atom is -0.497 e. The Morgan fingerprint density at radius 3 is 2.32 bits per heavy atom. The third kappa shape index (κ3) is 6.44. The van der Waals surface area contributed by atoms with E-state index in [1.807, 2.05) is 25.1 Å². The van der Waals surface area contributed by atoms with Crippen LogP contribution in [0.1, 0.15) is 46.8 Å². The van der Waals surface area contributed by atoms with Crippen molar-refractivity contribution in [3.63, 3.8) is 0 Å². The van der Waals surface area contributed by atoms with E-state index >= 15 is 0 Å². The fourth-order valence-corrected chi connectivity index (χ4v) is 4.72. The Labute approximate surface area is 226 Å². The van der Waals surface area contributed by atoms with Crippen molar-refractivity contribution in [2.24, 2.45) is 0 Å². The summed E-state index contributed by atoms with van der Waals surface area (Å²) in [5.41, 5.74) is 3.27. The maximum atomic E-state index is 12.9. The van der Waals surface area contributed by atoms with Crippen LogP contribution in [-0.2, 0) is 4.79 Å². The number of benzene rings is 3. The van der Waals surface area contributed by atoms with Gasteiger partial charge in [-0.2, -0.15) is 0 Å². The van der Waals surface area contributed by atoms with E-state index in [4.69, 9.17) is 14.2 Å². The van der Waals surface area contributed by atoms with E-state index in [0.717, 1.165) is 28.6 Å². The molecule has 0 radical (unpaired) electrons. The zero-order valence-electron chi connectivity index (χ0n) is 21.7. The number of methoxy groups -OCH3 is 1. The van der Waals surface area contributed by atoms with Crippen LogP contribution in [0.2, 0.25) is 0 Å². The van der Waals surface area contributed by atoms with E-state index in [1.165, 1.54) is 4.90 Å². The second-order valence-electron chi connectivity index (χ2n) is 9.06. The predicted molar refractivity (Wildman–Crippen MR) is 148 cm³/mol. The number of thioether (sulfide) groups is 1. The number of carbonyl (C=O) groups is 3. The number of rotatable bonds is 9. The molecule has 38 heavy (non-hydrogen) atoms. The molecule has 1 aliphatic heterocycles. The van der Waals surface area contributed by atoms with Gasteiger partial charge < -0.3 is 14.2 Å². The molecular formula is C30H29NO6S. The normalized spacial score (nSPS) is 14.3. The van der Waals surface area contributed by atoms with Crippen molar-refractivity contribution in [2.45, 2.75) is 26.7 Å². The number of hydrogen-bond acceptors (Lipinski definition) is 7. The Kier molecular flexibility index (Phi) is 8.53. The highest BCUT2D eigenvalue weighted by Gasteiger charge is 2.34. The molecule has 2 amide bonds. The lowest BCUT2D eigenvalue weighted by Gasteiger charge is -2.17. The third-order valence-electron chi connectivity index (χ3n) is 5.95. The zero-order valence-corrected chi connectivity index (χ0v) is 22.5. The van der Waals surface area contributed by atoms with Crippen molar-refractivity contribution in [3.8, 4) is 17.2 Å². The molecular weight excluding hydrogens is 502 g/mol. The van der Waals surface area contributed by atoms with Gasteiger partial charge in [-0.3, -0.25) is 14.5 Å². The Balaban J connectivity index is 1.35. The van der Waals surface area contributed by atoms with Crippen LogP contribution in [0.15, 0.2) is 71.6 Å². The van der Waals surface area contributed by atoms with Crippen LogP contribution in [-0.4, -0.2) is 42.3 Å². The van der Waals surface area contributed by atoms with Crippen molar-refractivity contribution in [1.29, 1.82) is 0 Å². The molecule has 0 atom stereocenters. The minimum absolute atomic E-state index is 0.160. The molecule has 7 nitrogen and oxygen atoms in total. The van der Waals surface area contributed by atoms with Crippen LogP contribution >= 0.6 is 11.8 Å². The van der Waals surface area contributed by atoms with Gasteiger partial charge in [-0.15, -0.1) is 0 Å². The van der Waals surface area contributed by atoms with Crippen LogP contribution in [0.3, 0.4) is 0 Å². The van der Waals surface area contributed by atoms with Crippen molar-refractivity contribution < 1.29 is 28.6 Å². The molecule has 196 valence electrons. The maximum absolute atomic E-state index is 12.9. The van der Waals surface area contributed by atoms with Gasteiger partial charge in [0.05, 0.1) is 24.1 Å². The first-order chi connectivity index (χ1) is 18.2. The number of ether oxygens (including phenoxy) is 3. The monoisotopic (exact) mass is 531 g/mol.